The molecule has 0 unspecified atom stereocenters. The highest BCUT2D eigenvalue weighted by molar-refractivity contribution is 5.60. The fraction of sp³-hybridized carbons (Fsp3) is 0.385. The van der Waals surface area contributed by atoms with Gasteiger partial charge in [0.25, 0.3) is 0 Å². The van der Waals surface area contributed by atoms with Crippen molar-refractivity contribution in [3.63, 3.8) is 0 Å². The Balaban J connectivity index is 1.90. The van der Waals surface area contributed by atoms with Crippen LogP contribution < -0.4 is 5.32 Å². The lowest BCUT2D eigenvalue weighted by Gasteiger charge is -2.40. The minimum Gasteiger partial charge on any atom is -0.362 e. The average Bonchev–Trinajstić information content (AvgIpc) is 2.40. The summed E-state index contributed by atoms with van der Waals surface area (Å²) < 4.78 is 0. The van der Waals surface area contributed by atoms with Crippen molar-refractivity contribution in [1.29, 1.82) is 0 Å². The summed E-state index contributed by atoms with van der Waals surface area (Å²) >= 11 is 0. The monoisotopic (exact) mass is 245 g/mol. The highest BCUT2D eigenvalue weighted by Crippen LogP contribution is 2.42. The van der Waals surface area contributed by atoms with Crippen LogP contribution in [0.2, 0.25) is 0 Å². The fourth-order valence-electron chi connectivity index (χ4n) is 2.92. The Labute approximate surface area is 105 Å². The minimum absolute atomic E-state index is 0.0334. The third-order valence-electron chi connectivity index (χ3n) is 3.97. The lowest BCUT2D eigenvalue weighted by atomic mass is 9.71. The number of anilines is 1. The molecule has 1 saturated heterocycles. The zero-order chi connectivity index (χ0) is 12.6. The van der Waals surface area contributed by atoms with Crippen molar-refractivity contribution in [2.75, 3.05) is 18.4 Å². The fourth-order valence-corrected chi connectivity index (χ4v) is 2.92. The summed E-state index contributed by atoms with van der Waals surface area (Å²) in [4.78, 5) is 10.8. The van der Waals surface area contributed by atoms with Crippen molar-refractivity contribution in [1.82, 2.24) is 5.01 Å². The van der Waals surface area contributed by atoms with Crippen molar-refractivity contribution >= 4 is 5.69 Å². The number of para-hydroxylation sites is 1. The molecule has 2 aliphatic rings. The third-order valence-corrected chi connectivity index (χ3v) is 3.97. The molecule has 0 aliphatic carbocycles. The number of rotatable bonds is 1. The Morgan fingerprint density at radius 3 is 2.72 bits per heavy atom. The van der Waals surface area contributed by atoms with Crippen molar-refractivity contribution in [2.24, 2.45) is 0 Å². The predicted molar refractivity (Wildman–Crippen MR) is 68.7 cm³/mol. The Bertz CT molecular complexity index is 505. The van der Waals surface area contributed by atoms with Crippen LogP contribution in [0.1, 0.15) is 18.4 Å². The number of nitrogens with one attached hydrogen (secondary N) is 1. The second-order valence-electron chi connectivity index (χ2n) is 4.87. The van der Waals surface area contributed by atoms with Gasteiger partial charge >= 0.3 is 0 Å². The van der Waals surface area contributed by atoms with E-state index < -0.39 is 0 Å². The summed E-state index contributed by atoms with van der Waals surface area (Å²) in [6.45, 7) is 1.01. The van der Waals surface area contributed by atoms with Gasteiger partial charge in [-0.3, -0.25) is 0 Å². The van der Waals surface area contributed by atoms with Gasteiger partial charge in [0.2, 0.25) is 0 Å². The van der Waals surface area contributed by atoms with Gasteiger partial charge in [-0.05, 0) is 30.7 Å². The van der Waals surface area contributed by atoms with Gasteiger partial charge in [-0.25, -0.2) is 10.1 Å². The summed E-state index contributed by atoms with van der Waals surface area (Å²) in [6.07, 6.45) is 5.71. The van der Waals surface area contributed by atoms with E-state index in [1.54, 1.807) is 0 Å². The van der Waals surface area contributed by atoms with Gasteiger partial charge < -0.3 is 5.32 Å². The summed E-state index contributed by atoms with van der Waals surface area (Å²) in [7, 11) is 0. The highest BCUT2D eigenvalue weighted by Gasteiger charge is 2.39. The maximum Gasteiger partial charge on any atom is 0.160 e. The molecule has 5 nitrogen and oxygen atoms in total. The molecule has 2 heterocycles. The molecule has 1 N–H and O–H groups in total. The van der Waals surface area contributed by atoms with Crippen LogP contribution in [0.4, 0.5) is 5.69 Å². The average molecular weight is 245 g/mol. The molecular weight excluding hydrogens is 230 g/mol. The molecule has 1 aromatic rings. The number of allylic oxidation sites excluding steroid dienone is 1. The topological polar surface area (TPSA) is 58.4 Å². The minimum atomic E-state index is -0.288. The van der Waals surface area contributed by atoms with Crippen molar-refractivity contribution in [3.8, 4) is 0 Å². The molecule has 0 atom stereocenters. The lowest BCUT2D eigenvalue weighted by Crippen LogP contribution is -2.45. The van der Waals surface area contributed by atoms with E-state index in [0.717, 1.165) is 18.5 Å². The van der Waals surface area contributed by atoms with E-state index in [1.165, 1.54) is 10.6 Å². The van der Waals surface area contributed by atoms with Gasteiger partial charge in [0, 0.05) is 11.1 Å². The van der Waals surface area contributed by atoms with E-state index >= 15 is 0 Å². The van der Waals surface area contributed by atoms with Gasteiger partial charge in [0.05, 0.1) is 13.1 Å². The van der Waals surface area contributed by atoms with Crippen molar-refractivity contribution < 1.29 is 5.03 Å². The van der Waals surface area contributed by atoms with E-state index in [9.17, 15) is 10.1 Å². The van der Waals surface area contributed by atoms with Gasteiger partial charge in [-0.15, -0.1) is 5.01 Å². The molecule has 94 valence electrons. The second-order valence-corrected chi connectivity index (χ2v) is 4.87. The molecule has 1 aromatic carbocycles. The Morgan fingerprint density at radius 2 is 2.00 bits per heavy atom. The number of hydrogen-bond acceptors (Lipinski definition) is 3. The molecule has 1 fully saturated rings. The largest absolute Gasteiger partial charge is 0.362 e. The second kappa shape index (κ2) is 4.01. The number of nitro groups is 1. The quantitative estimate of drug-likeness (QED) is 0.608. The van der Waals surface area contributed by atoms with E-state index in [0.29, 0.717) is 13.1 Å². The van der Waals surface area contributed by atoms with Crippen LogP contribution in [0, 0.1) is 10.1 Å². The molecule has 0 radical (unpaired) electrons. The SMILES string of the molecule is O=[N+]([O-])N1CCC2(C=CNc3ccccc32)CC1. The summed E-state index contributed by atoms with van der Waals surface area (Å²) in [5.41, 5.74) is 2.35. The molecule has 3 rings (SSSR count). The summed E-state index contributed by atoms with van der Waals surface area (Å²) in [5.74, 6) is 0. The van der Waals surface area contributed by atoms with Crippen molar-refractivity contribution in [2.45, 2.75) is 18.3 Å². The van der Waals surface area contributed by atoms with Crippen LogP contribution >= 0.6 is 0 Å². The summed E-state index contributed by atoms with van der Waals surface area (Å²) in [6, 6.07) is 8.21. The number of hydrogen-bond donors (Lipinski definition) is 1. The first kappa shape index (κ1) is 11.1. The highest BCUT2D eigenvalue weighted by atomic mass is 16.7. The molecular formula is C13H15N3O2. The van der Waals surface area contributed by atoms with Crippen LogP contribution in [0.25, 0.3) is 0 Å². The van der Waals surface area contributed by atoms with Crippen LogP contribution in [-0.4, -0.2) is 23.1 Å². The van der Waals surface area contributed by atoms with Crippen LogP contribution in [0.3, 0.4) is 0 Å². The lowest BCUT2D eigenvalue weighted by molar-refractivity contribution is -0.658. The Morgan fingerprint density at radius 1 is 1.28 bits per heavy atom. The Kier molecular flexibility index (Phi) is 2.47. The number of fused-ring (bicyclic) bond motifs is 2. The maximum absolute atomic E-state index is 10.8. The van der Waals surface area contributed by atoms with E-state index in [2.05, 4.69) is 23.5 Å². The van der Waals surface area contributed by atoms with E-state index in [1.807, 2.05) is 18.3 Å². The summed E-state index contributed by atoms with van der Waals surface area (Å²) in [5, 5.41) is 15.0. The van der Waals surface area contributed by atoms with Gasteiger partial charge in [-0.2, -0.15) is 0 Å². The van der Waals surface area contributed by atoms with E-state index in [4.69, 9.17) is 0 Å². The predicted octanol–water partition coefficient (Wildman–Crippen LogP) is 2.15. The number of piperidine rings is 1. The molecule has 0 aromatic heterocycles. The maximum atomic E-state index is 10.8. The number of nitrogens with zero attached hydrogens (tertiary/aromatic N) is 2. The molecule has 0 saturated carbocycles. The zero-order valence-electron chi connectivity index (χ0n) is 10.0. The van der Waals surface area contributed by atoms with E-state index in [-0.39, 0.29) is 10.4 Å². The molecule has 18 heavy (non-hydrogen) atoms. The third kappa shape index (κ3) is 1.63. The smallest absolute Gasteiger partial charge is 0.160 e. The number of benzene rings is 1. The van der Waals surface area contributed by atoms with Gasteiger partial charge in [-0.1, -0.05) is 24.3 Å². The van der Waals surface area contributed by atoms with Gasteiger partial charge in [0.1, 0.15) is 0 Å². The van der Waals surface area contributed by atoms with Crippen LogP contribution in [0.15, 0.2) is 36.5 Å². The molecule has 2 aliphatic heterocycles. The van der Waals surface area contributed by atoms with Crippen molar-refractivity contribution in [3.05, 3.63) is 52.2 Å². The molecule has 0 amide bonds. The first-order chi connectivity index (χ1) is 8.71. The van der Waals surface area contributed by atoms with Crippen LogP contribution in [-0.2, 0) is 5.41 Å². The van der Waals surface area contributed by atoms with Crippen LogP contribution in [0.5, 0.6) is 0 Å². The van der Waals surface area contributed by atoms with Gasteiger partial charge in [0.15, 0.2) is 5.03 Å². The molecule has 1 spiro atoms. The first-order valence-corrected chi connectivity index (χ1v) is 6.14. The molecule has 5 heteroatoms. The standard InChI is InChI=1S/C13H15N3O2/c17-16(18)15-9-6-13(7-10-15)5-8-14-12-4-2-1-3-11(12)13/h1-5,8,14H,6-7,9-10H2. The zero-order valence-corrected chi connectivity index (χ0v) is 10.0. The number of hydrazine groups is 1. The first-order valence-electron chi connectivity index (χ1n) is 6.14. The Hall–Kier alpha value is -2.04. The molecule has 0 bridgehead atoms. The normalized spacial score (nSPS) is 20.3.